The van der Waals surface area contributed by atoms with Crippen molar-refractivity contribution in [1.82, 2.24) is 9.38 Å². The van der Waals surface area contributed by atoms with E-state index in [1.54, 1.807) is 43.2 Å². The summed E-state index contributed by atoms with van der Waals surface area (Å²) in [5.41, 5.74) is 1.36. The maximum Gasteiger partial charge on any atom is 0.431 e. The first-order valence-electron chi connectivity index (χ1n) is 9.85. The third kappa shape index (κ3) is 4.17. The summed E-state index contributed by atoms with van der Waals surface area (Å²) in [5, 5.41) is 10.8. The summed E-state index contributed by atoms with van der Waals surface area (Å²) in [4.78, 5) is 4.03. The fraction of sp³-hybridized carbons (Fsp3) is 0.333. The Balaban J connectivity index is 1.76. The van der Waals surface area contributed by atoms with Gasteiger partial charge >= 0.3 is 13.2 Å². The number of aromatic nitrogens is 1. The molecule has 3 aromatic rings. The number of halogens is 4. The maximum absolute atomic E-state index is 13.9. The highest BCUT2D eigenvalue weighted by molar-refractivity contribution is 6.45. The number of anilines is 1. The minimum Gasteiger partial charge on any atom is -0.437 e. The van der Waals surface area contributed by atoms with Gasteiger partial charge in [-0.3, -0.25) is 0 Å². The van der Waals surface area contributed by atoms with Crippen LogP contribution in [0.3, 0.4) is 0 Å². The van der Waals surface area contributed by atoms with E-state index in [1.807, 2.05) is 10.9 Å². The van der Waals surface area contributed by atoms with E-state index in [2.05, 4.69) is 4.90 Å². The summed E-state index contributed by atoms with van der Waals surface area (Å²) < 4.78 is 43.0. The second kappa shape index (κ2) is 8.17. The molecule has 2 heterocycles. The van der Waals surface area contributed by atoms with Gasteiger partial charge in [0.05, 0.1) is 5.52 Å². The molecule has 1 aliphatic heterocycles. The molecule has 4 nitrogen and oxygen atoms in total. The minimum absolute atomic E-state index is 0.0815. The van der Waals surface area contributed by atoms with Crippen molar-refractivity contribution in [3.8, 4) is 0 Å². The van der Waals surface area contributed by atoms with Gasteiger partial charge in [0, 0.05) is 48.8 Å². The lowest BCUT2D eigenvalue weighted by molar-refractivity contribution is -0.143. The molecule has 1 aliphatic rings. The normalized spacial score (nSPS) is 15.7. The van der Waals surface area contributed by atoms with Crippen LogP contribution < -0.4 is 4.90 Å². The summed E-state index contributed by atoms with van der Waals surface area (Å²) in [5.74, 6) is 0. The maximum atomic E-state index is 13.9. The van der Waals surface area contributed by atoms with Gasteiger partial charge in [0.2, 0.25) is 0 Å². The number of hydrogen-bond acceptors (Lipinski definition) is 3. The van der Waals surface area contributed by atoms with Crippen molar-refractivity contribution in [3.05, 3.63) is 64.8 Å². The van der Waals surface area contributed by atoms with Crippen molar-refractivity contribution in [1.29, 1.82) is 0 Å². The molecular weight excluding hydrogens is 414 g/mol. The quantitative estimate of drug-likeness (QED) is 0.608. The molecule has 9 heteroatoms. The largest absolute Gasteiger partial charge is 0.437 e. The fourth-order valence-corrected chi connectivity index (χ4v) is 4.32. The first-order chi connectivity index (χ1) is 14.2. The van der Waals surface area contributed by atoms with Crippen molar-refractivity contribution < 1.29 is 18.2 Å². The molecule has 158 valence electrons. The summed E-state index contributed by atoms with van der Waals surface area (Å²) in [6.07, 6.45) is -4.47. The van der Waals surface area contributed by atoms with Crippen molar-refractivity contribution in [2.45, 2.75) is 19.5 Å². The monoisotopic (exact) mass is 435 g/mol. The van der Waals surface area contributed by atoms with Crippen LogP contribution in [0.2, 0.25) is 11.8 Å². The van der Waals surface area contributed by atoms with Crippen LogP contribution in [-0.2, 0) is 12.7 Å². The molecule has 0 amide bonds. The van der Waals surface area contributed by atoms with Crippen LogP contribution in [0.4, 0.5) is 18.9 Å². The molecular formula is C21H22BClF3N3O. The van der Waals surface area contributed by atoms with E-state index in [4.69, 9.17) is 11.6 Å². The van der Waals surface area contributed by atoms with Gasteiger partial charge in [-0.1, -0.05) is 29.8 Å². The van der Waals surface area contributed by atoms with Crippen LogP contribution >= 0.6 is 11.6 Å². The lowest BCUT2D eigenvalue weighted by Crippen LogP contribution is -2.51. The van der Waals surface area contributed by atoms with Crippen LogP contribution in [0.5, 0.6) is 0 Å². The number of fused-ring (bicyclic) bond motifs is 1. The number of piperazine rings is 1. The standard InChI is InChI=1S/C21H22BClF3N3O/c1-22(30)28-10-8-27(9-11-28)18-6-3-7-19-17(18)13-20(21(24,25)26)29(19)14-15-4-2-5-16(23)12-15/h2-7,12-13,30H,8-11,14H2,1H3. The predicted molar refractivity (Wildman–Crippen MR) is 115 cm³/mol. The molecule has 0 atom stereocenters. The Bertz CT molecular complexity index is 1050. The highest BCUT2D eigenvalue weighted by Crippen LogP contribution is 2.38. The number of rotatable bonds is 4. The lowest BCUT2D eigenvalue weighted by atomic mass is 9.84. The minimum atomic E-state index is -4.47. The zero-order chi connectivity index (χ0) is 21.5. The predicted octanol–water partition coefficient (Wildman–Crippen LogP) is 4.59. The Morgan fingerprint density at radius 3 is 2.37 bits per heavy atom. The molecule has 30 heavy (non-hydrogen) atoms. The summed E-state index contributed by atoms with van der Waals surface area (Å²) in [6.45, 7) is 4.41. The van der Waals surface area contributed by atoms with Crippen molar-refractivity contribution >= 4 is 35.2 Å². The lowest BCUT2D eigenvalue weighted by Gasteiger charge is -2.37. The van der Waals surface area contributed by atoms with Crippen LogP contribution in [0.1, 0.15) is 11.3 Å². The molecule has 0 radical (unpaired) electrons. The third-order valence-corrected chi connectivity index (χ3v) is 5.86. The molecule has 1 fully saturated rings. The zero-order valence-corrected chi connectivity index (χ0v) is 17.3. The molecule has 1 N–H and O–H groups in total. The Hall–Kier alpha value is -2.16. The summed E-state index contributed by atoms with van der Waals surface area (Å²) in [6, 6.07) is 13.5. The van der Waals surface area contributed by atoms with Gasteiger partial charge in [-0.25, -0.2) is 0 Å². The van der Waals surface area contributed by atoms with E-state index >= 15 is 0 Å². The number of benzene rings is 2. The smallest absolute Gasteiger partial charge is 0.431 e. The van der Waals surface area contributed by atoms with E-state index in [0.29, 0.717) is 47.7 Å². The Morgan fingerprint density at radius 1 is 1.03 bits per heavy atom. The number of nitrogens with zero attached hydrogens (tertiary/aromatic N) is 3. The molecule has 0 spiro atoms. The van der Waals surface area contributed by atoms with Crippen LogP contribution in [0.25, 0.3) is 10.9 Å². The molecule has 0 aliphatic carbocycles. The van der Waals surface area contributed by atoms with Gasteiger partial charge in [0.1, 0.15) is 5.69 Å². The highest BCUT2D eigenvalue weighted by Gasteiger charge is 2.36. The highest BCUT2D eigenvalue weighted by atomic mass is 35.5. The average Bonchev–Trinajstić information content (AvgIpc) is 3.07. The van der Waals surface area contributed by atoms with E-state index in [1.165, 1.54) is 10.6 Å². The fourth-order valence-electron chi connectivity index (χ4n) is 4.10. The van der Waals surface area contributed by atoms with Gasteiger partial charge in [-0.15, -0.1) is 0 Å². The van der Waals surface area contributed by atoms with E-state index < -0.39 is 18.9 Å². The van der Waals surface area contributed by atoms with E-state index in [-0.39, 0.29) is 6.54 Å². The Kier molecular flexibility index (Phi) is 5.74. The van der Waals surface area contributed by atoms with Crippen molar-refractivity contribution in [2.24, 2.45) is 0 Å². The third-order valence-electron chi connectivity index (χ3n) is 5.63. The average molecular weight is 436 g/mol. The topological polar surface area (TPSA) is 31.6 Å². The van der Waals surface area contributed by atoms with Gasteiger partial charge in [0.25, 0.3) is 0 Å². The first-order valence-corrected chi connectivity index (χ1v) is 10.2. The van der Waals surface area contributed by atoms with E-state index in [9.17, 15) is 18.2 Å². The Morgan fingerprint density at radius 2 is 1.73 bits per heavy atom. The SMILES string of the molecule is CB(O)N1CCN(c2cccc3c2cc(C(F)(F)F)n3Cc2cccc(Cl)c2)CC1. The zero-order valence-electron chi connectivity index (χ0n) is 16.5. The molecule has 1 aromatic heterocycles. The molecule has 2 aromatic carbocycles. The molecule has 4 rings (SSSR count). The molecule has 0 bridgehead atoms. The molecule has 0 unspecified atom stereocenters. The molecule has 0 saturated carbocycles. The second-order valence-electron chi connectivity index (χ2n) is 7.61. The van der Waals surface area contributed by atoms with E-state index in [0.717, 1.165) is 5.69 Å². The first kappa shape index (κ1) is 21.1. The molecule has 1 saturated heterocycles. The van der Waals surface area contributed by atoms with Gasteiger partial charge in [-0.05, 0) is 42.7 Å². The van der Waals surface area contributed by atoms with Crippen molar-refractivity contribution in [2.75, 3.05) is 31.1 Å². The van der Waals surface area contributed by atoms with Gasteiger partial charge < -0.3 is 19.3 Å². The van der Waals surface area contributed by atoms with Gasteiger partial charge in [-0.2, -0.15) is 13.2 Å². The summed E-state index contributed by atoms with van der Waals surface area (Å²) >= 11 is 6.03. The van der Waals surface area contributed by atoms with Crippen LogP contribution in [0.15, 0.2) is 48.5 Å². The van der Waals surface area contributed by atoms with Crippen LogP contribution in [0, 0.1) is 0 Å². The number of alkyl halides is 3. The van der Waals surface area contributed by atoms with Crippen LogP contribution in [-0.4, -0.2) is 47.6 Å². The Labute approximate surface area is 178 Å². The second-order valence-corrected chi connectivity index (χ2v) is 8.04. The summed E-state index contributed by atoms with van der Waals surface area (Å²) in [7, 11) is -0.529. The van der Waals surface area contributed by atoms with Crippen molar-refractivity contribution in [3.63, 3.8) is 0 Å². The number of hydrogen-bond donors (Lipinski definition) is 1. The van der Waals surface area contributed by atoms with Gasteiger partial charge in [0.15, 0.2) is 0 Å².